The summed E-state index contributed by atoms with van der Waals surface area (Å²) in [6.45, 7) is 1.66. The highest BCUT2D eigenvalue weighted by atomic mass is 32.2. The van der Waals surface area contributed by atoms with Crippen LogP contribution in [0.3, 0.4) is 0 Å². The maximum absolute atomic E-state index is 11.5. The molecule has 0 aliphatic carbocycles. The molecule has 2 heteroatoms. The zero-order valence-corrected chi connectivity index (χ0v) is 9.85. The average Bonchev–Trinajstić information content (AvgIpc) is 2.30. The molecular weight excluding hydrogens is 204 g/mol. The summed E-state index contributed by atoms with van der Waals surface area (Å²) in [6, 6.07) is 8.08. The topological polar surface area (TPSA) is 17.1 Å². The maximum Gasteiger partial charge on any atom is 0.160 e. The maximum atomic E-state index is 11.5. The zero-order valence-electron chi connectivity index (χ0n) is 9.03. The van der Waals surface area contributed by atoms with Crippen LogP contribution in [0.1, 0.15) is 41.6 Å². The first-order valence-corrected chi connectivity index (χ1v) is 6.62. The average molecular weight is 220 g/mol. The van der Waals surface area contributed by atoms with E-state index in [0.717, 1.165) is 5.56 Å². The van der Waals surface area contributed by atoms with Gasteiger partial charge in [0.05, 0.1) is 0 Å². The van der Waals surface area contributed by atoms with Crippen molar-refractivity contribution in [2.75, 3.05) is 11.5 Å². The van der Waals surface area contributed by atoms with Crippen molar-refractivity contribution in [1.82, 2.24) is 0 Å². The van der Waals surface area contributed by atoms with Crippen LogP contribution in [-0.4, -0.2) is 17.3 Å². The van der Waals surface area contributed by atoms with Crippen LogP contribution in [0, 0.1) is 0 Å². The molecule has 2 rings (SSSR count). The summed E-state index contributed by atoms with van der Waals surface area (Å²) < 4.78 is 0. The minimum Gasteiger partial charge on any atom is -0.295 e. The van der Waals surface area contributed by atoms with Crippen LogP contribution in [-0.2, 0) is 0 Å². The lowest BCUT2D eigenvalue weighted by molar-refractivity contribution is 0.101. The Labute approximate surface area is 95.3 Å². The number of hydrogen-bond donors (Lipinski definition) is 0. The molecule has 15 heavy (non-hydrogen) atoms. The monoisotopic (exact) mass is 220 g/mol. The summed E-state index contributed by atoms with van der Waals surface area (Å²) in [7, 11) is 0. The number of thioether (sulfide) groups is 1. The molecule has 1 aromatic rings. The molecule has 0 atom stereocenters. The molecule has 1 fully saturated rings. The number of carbonyl (C=O) groups is 1. The first kappa shape index (κ1) is 10.7. The minimum atomic E-state index is 0.198. The van der Waals surface area contributed by atoms with E-state index in [1.54, 1.807) is 6.92 Å². The van der Waals surface area contributed by atoms with E-state index in [2.05, 4.69) is 6.07 Å². The molecule has 1 nitrogen and oxygen atoms in total. The summed E-state index contributed by atoms with van der Waals surface area (Å²) in [5.74, 6) is 3.27. The number of Topliss-reactive ketones (excluding diaryl/α,β-unsaturated/α-hetero) is 1. The van der Waals surface area contributed by atoms with Gasteiger partial charge in [-0.3, -0.25) is 4.79 Å². The second-order valence-electron chi connectivity index (χ2n) is 4.03. The number of benzene rings is 1. The van der Waals surface area contributed by atoms with Crippen molar-refractivity contribution < 1.29 is 4.79 Å². The van der Waals surface area contributed by atoms with Gasteiger partial charge in [-0.1, -0.05) is 24.3 Å². The molecule has 0 saturated carbocycles. The molecule has 80 valence electrons. The Morgan fingerprint density at radius 3 is 2.60 bits per heavy atom. The summed E-state index contributed by atoms with van der Waals surface area (Å²) in [6.07, 6.45) is 2.43. The normalized spacial score (nSPS) is 17.7. The Morgan fingerprint density at radius 2 is 1.93 bits per heavy atom. The minimum absolute atomic E-state index is 0.198. The Balaban J connectivity index is 2.29. The quantitative estimate of drug-likeness (QED) is 0.710. The van der Waals surface area contributed by atoms with E-state index in [1.165, 1.54) is 29.9 Å². The molecule has 0 spiro atoms. The lowest BCUT2D eigenvalue weighted by atomic mass is 9.88. The van der Waals surface area contributed by atoms with Crippen molar-refractivity contribution in [1.29, 1.82) is 0 Å². The van der Waals surface area contributed by atoms with Crippen molar-refractivity contribution >= 4 is 17.5 Å². The number of ketones is 1. The van der Waals surface area contributed by atoms with Crippen LogP contribution in [0.25, 0.3) is 0 Å². The highest BCUT2D eigenvalue weighted by molar-refractivity contribution is 7.99. The van der Waals surface area contributed by atoms with Crippen LogP contribution < -0.4 is 0 Å². The number of carbonyl (C=O) groups excluding carboxylic acids is 1. The second-order valence-corrected chi connectivity index (χ2v) is 5.25. The predicted octanol–water partition coefficient (Wildman–Crippen LogP) is 3.50. The number of rotatable bonds is 2. The van der Waals surface area contributed by atoms with Crippen molar-refractivity contribution in [2.45, 2.75) is 25.7 Å². The van der Waals surface area contributed by atoms with Gasteiger partial charge in [-0.25, -0.2) is 0 Å². The van der Waals surface area contributed by atoms with Crippen LogP contribution in [0.2, 0.25) is 0 Å². The van der Waals surface area contributed by atoms with Crippen molar-refractivity contribution in [3.63, 3.8) is 0 Å². The fraction of sp³-hybridized carbons (Fsp3) is 0.462. The van der Waals surface area contributed by atoms with Gasteiger partial charge in [0.1, 0.15) is 0 Å². The van der Waals surface area contributed by atoms with Crippen LogP contribution in [0.4, 0.5) is 0 Å². The second kappa shape index (κ2) is 4.84. The van der Waals surface area contributed by atoms with Gasteiger partial charge in [0, 0.05) is 5.56 Å². The fourth-order valence-electron chi connectivity index (χ4n) is 2.18. The first-order valence-electron chi connectivity index (χ1n) is 5.46. The van der Waals surface area contributed by atoms with Crippen LogP contribution >= 0.6 is 11.8 Å². The summed E-state index contributed by atoms with van der Waals surface area (Å²) >= 11 is 2.02. The van der Waals surface area contributed by atoms with Crippen molar-refractivity contribution in [3.8, 4) is 0 Å². The summed E-state index contributed by atoms with van der Waals surface area (Å²) in [4.78, 5) is 11.5. The Bertz CT molecular complexity index is 353. The van der Waals surface area contributed by atoms with Gasteiger partial charge in [0.25, 0.3) is 0 Å². The van der Waals surface area contributed by atoms with Gasteiger partial charge in [0.2, 0.25) is 0 Å². The molecule has 1 aliphatic rings. The number of hydrogen-bond acceptors (Lipinski definition) is 2. The molecule has 0 aromatic heterocycles. The van der Waals surface area contributed by atoms with E-state index in [9.17, 15) is 4.79 Å². The SMILES string of the molecule is CC(=O)c1ccccc1C1CCSCC1. The zero-order chi connectivity index (χ0) is 10.7. The molecule has 0 radical (unpaired) electrons. The smallest absolute Gasteiger partial charge is 0.160 e. The third kappa shape index (κ3) is 2.43. The van der Waals surface area contributed by atoms with E-state index in [1.807, 2.05) is 30.0 Å². The summed E-state index contributed by atoms with van der Waals surface area (Å²) in [5.41, 5.74) is 2.19. The van der Waals surface area contributed by atoms with E-state index >= 15 is 0 Å². The van der Waals surface area contributed by atoms with Gasteiger partial charge in [-0.05, 0) is 42.8 Å². The van der Waals surface area contributed by atoms with Crippen LogP contribution in [0.5, 0.6) is 0 Å². The van der Waals surface area contributed by atoms with Crippen molar-refractivity contribution in [2.24, 2.45) is 0 Å². The van der Waals surface area contributed by atoms with Gasteiger partial charge in [0.15, 0.2) is 5.78 Å². The van der Waals surface area contributed by atoms with E-state index in [4.69, 9.17) is 0 Å². The molecule has 0 N–H and O–H groups in total. The van der Waals surface area contributed by atoms with Gasteiger partial charge in [-0.2, -0.15) is 11.8 Å². The standard InChI is InChI=1S/C13H16OS/c1-10(14)12-4-2-3-5-13(12)11-6-8-15-9-7-11/h2-5,11H,6-9H2,1H3. The molecule has 0 bridgehead atoms. The third-order valence-corrected chi connectivity index (χ3v) is 4.05. The Hall–Kier alpha value is -0.760. The van der Waals surface area contributed by atoms with Crippen LogP contribution in [0.15, 0.2) is 24.3 Å². The lowest BCUT2D eigenvalue weighted by Crippen LogP contribution is -2.11. The molecule has 1 aromatic carbocycles. The van der Waals surface area contributed by atoms with Gasteiger partial charge >= 0.3 is 0 Å². The highest BCUT2D eigenvalue weighted by Gasteiger charge is 2.19. The predicted molar refractivity (Wildman–Crippen MR) is 65.7 cm³/mol. The molecule has 1 aliphatic heterocycles. The molecule has 1 saturated heterocycles. The third-order valence-electron chi connectivity index (χ3n) is 3.00. The molecule has 0 amide bonds. The van der Waals surface area contributed by atoms with Crippen molar-refractivity contribution in [3.05, 3.63) is 35.4 Å². The Morgan fingerprint density at radius 1 is 1.27 bits per heavy atom. The molecular formula is C13H16OS. The lowest BCUT2D eigenvalue weighted by Gasteiger charge is -2.23. The highest BCUT2D eigenvalue weighted by Crippen LogP contribution is 2.33. The van der Waals surface area contributed by atoms with E-state index < -0.39 is 0 Å². The Kier molecular flexibility index (Phi) is 3.47. The largest absolute Gasteiger partial charge is 0.295 e. The van der Waals surface area contributed by atoms with Gasteiger partial charge in [-0.15, -0.1) is 0 Å². The fourth-order valence-corrected chi connectivity index (χ4v) is 3.29. The molecule has 0 unspecified atom stereocenters. The van der Waals surface area contributed by atoms with E-state index in [-0.39, 0.29) is 5.78 Å². The van der Waals surface area contributed by atoms with E-state index in [0.29, 0.717) is 5.92 Å². The molecule has 1 heterocycles. The first-order chi connectivity index (χ1) is 7.29. The summed E-state index contributed by atoms with van der Waals surface area (Å²) in [5, 5.41) is 0. The van der Waals surface area contributed by atoms with Gasteiger partial charge < -0.3 is 0 Å².